The van der Waals surface area contributed by atoms with Gasteiger partial charge in [0.15, 0.2) is 0 Å². The monoisotopic (exact) mass is 306 g/mol. The van der Waals surface area contributed by atoms with Gasteiger partial charge in [-0.1, -0.05) is 19.1 Å². The van der Waals surface area contributed by atoms with E-state index in [1.54, 1.807) is 19.9 Å². The number of nitro groups is 1. The quantitative estimate of drug-likeness (QED) is 0.679. The maximum absolute atomic E-state index is 13.5. The lowest BCUT2D eigenvalue weighted by Crippen LogP contribution is -2.25. The number of rotatable bonds is 5. The molecule has 0 fully saturated rings. The molecule has 0 bridgehead atoms. The van der Waals surface area contributed by atoms with Gasteiger partial charge in [-0.3, -0.25) is 4.79 Å². The molecule has 0 saturated carbocycles. The van der Waals surface area contributed by atoms with Gasteiger partial charge in [0.25, 0.3) is 0 Å². The molecule has 1 amide bonds. The number of para-hydroxylation sites is 1. The van der Waals surface area contributed by atoms with Gasteiger partial charge in [0.2, 0.25) is 5.91 Å². The first-order valence-corrected chi connectivity index (χ1v) is 6.62. The Morgan fingerprint density at radius 1 is 1.50 bits per heavy atom. The van der Waals surface area contributed by atoms with Gasteiger partial charge in [0.1, 0.15) is 5.82 Å². The summed E-state index contributed by atoms with van der Waals surface area (Å²) in [7, 11) is 0. The number of benzene rings is 1. The second-order valence-corrected chi connectivity index (χ2v) is 4.95. The Morgan fingerprint density at radius 3 is 2.77 bits per heavy atom. The van der Waals surface area contributed by atoms with Crippen LogP contribution >= 0.6 is 0 Å². The van der Waals surface area contributed by atoms with Crippen LogP contribution in [0, 0.1) is 28.8 Å². The molecule has 116 valence electrons. The fraction of sp³-hybridized carbons (Fsp3) is 0.286. The average molecular weight is 306 g/mol. The highest BCUT2D eigenvalue weighted by molar-refractivity contribution is 5.92. The number of hydrogen-bond acceptors (Lipinski definition) is 4. The highest BCUT2D eigenvalue weighted by Crippen LogP contribution is 2.16. The Labute approximate surface area is 125 Å². The van der Waals surface area contributed by atoms with E-state index in [0.29, 0.717) is 5.69 Å². The maximum Gasteiger partial charge on any atom is 0.390 e. The summed E-state index contributed by atoms with van der Waals surface area (Å²) in [5, 5.41) is 17.0. The molecule has 2 rings (SSSR count). The summed E-state index contributed by atoms with van der Waals surface area (Å²) in [6, 6.07) is 7.19. The lowest BCUT2D eigenvalue weighted by atomic mass is 10.1. The summed E-state index contributed by atoms with van der Waals surface area (Å²) in [5.41, 5.74) is 0.680. The summed E-state index contributed by atoms with van der Waals surface area (Å²) in [6.45, 7) is 3.48. The molecular formula is C14H15FN4O3. The van der Waals surface area contributed by atoms with Gasteiger partial charge < -0.3 is 15.4 Å². The van der Waals surface area contributed by atoms with Crippen LogP contribution in [0.4, 0.5) is 15.9 Å². The number of aromatic nitrogens is 2. The SMILES string of the molecule is Cc1cc([N+](=O)[O-])nn1CC(C)C(=O)Nc1ccccc1F. The van der Waals surface area contributed by atoms with Crippen LogP contribution < -0.4 is 5.32 Å². The molecule has 0 aliphatic rings. The second kappa shape index (κ2) is 6.33. The number of amides is 1. The normalized spacial score (nSPS) is 12.0. The summed E-state index contributed by atoms with van der Waals surface area (Å²) in [5.74, 6) is -1.70. The standard InChI is InChI=1S/C14H15FN4O3/c1-9(8-18-10(2)7-13(17-18)19(21)22)14(20)16-12-6-4-3-5-11(12)15/h3-7,9H,8H2,1-2H3,(H,16,20). The number of carbonyl (C=O) groups is 1. The van der Waals surface area contributed by atoms with Crippen molar-refractivity contribution in [2.75, 3.05) is 5.32 Å². The van der Waals surface area contributed by atoms with Crippen molar-refractivity contribution in [3.63, 3.8) is 0 Å². The minimum absolute atomic E-state index is 0.0996. The van der Waals surface area contributed by atoms with Gasteiger partial charge in [-0.15, -0.1) is 0 Å². The van der Waals surface area contributed by atoms with E-state index in [1.807, 2.05) is 0 Å². The zero-order valence-corrected chi connectivity index (χ0v) is 12.1. The van der Waals surface area contributed by atoms with E-state index in [0.717, 1.165) is 0 Å². The Morgan fingerprint density at radius 2 is 2.18 bits per heavy atom. The molecule has 8 heteroatoms. The van der Waals surface area contributed by atoms with Gasteiger partial charge in [0, 0.05) is 0 Å². The molecule has 0 aliphatic heterocycles. The van der Waals surface area contributed by atoms with Crippen molar-refractivity contribution in [2.45, 2.75) is 20.4 Å². The second-order valence-electron chi connectivity index (χ2n) is 4.95. The lowest BCUT2D eigenvalue weighted by molar-refractivity contribution is -0.389. The number of aryl methyl sites for hydroxylation is 1. The van der Waals surface area contributed by atoms with Crippen molar-refractivity contribution in [2.24, 2.45) is 5.92 Å². The molecule has 2 aromatic rings. The summed E-state index contributed by atoms with van der Waals surface area (Å²) < 4.78 is 14.9. The number of nitrogens with one attached hydrogen (secondary N) is 1. The molecule has 0 spiro atoms. The lowest BCUT2D eigenvalue weighted by Gasteiger charge is -2.12. The van der Waals surface area contributed by atoms with Crippen LogP contribution in [-0.2, 0) is 11.3 Å². The molecule has 1 aromatic heterocycles. The molecule has 7 nitrogen and oxygen atoms in total. The predicted molar refractivity (Wildman–Crippen MR) is 77.8 cm³/mol. The highest BCUT2D eigenvalue weighted by Gasteiger charge is 2.21. The van der Waals surface area contributed by atoms with E-state index >= 15 is 0 Å². The van der Waals surface area contributed by atoms with Crippen LogP contribution in [0.25, 0.3) is 0 Å². The van der Waals surface area contributed by atoms with E-state index in [2.05, 4.69) is 10.4 Å². The smallest absolute Gasteiger partial charge is 0.358 e. The molecule has 1 N–H and O–H groups in total. The van der Waals surface area contributed by atoms with E-state index in [4.69, 9.17) is 0 Å². The van der Waals surface area contributed by atoms with Crippen LogP contribution in [-0.4, -0.2) is 20.6 Å². The molecule has 1 heterocycles. The molecule has 1 unspecified atom stereocenters. The third-order valence-electron chi connectivity index (χ3n) is 3.18. The molecule has 0 aliphatic carbocycles. The van der Waals surface area contributed by atoms with Crippen LogP contribution in [0.2, 0.25) is 0 Å². The van der Waals surface area contributed by atoms with Crippen molar-refractivity contribution < 1.29 is 14.1 Å². The van der Waals surface area contributed by atoms with Gasteiger partial charge in [-0.05, 0) is 24.0 Å². The van der Waals surface area contributed by atoms with Crippen LogP contribution in [0.5, 0.6) is 0 Å². The fourth-order valence-electron chi connectivity index (χ4n) is 1.93. The summed E-state index contributed by atoms with van der Waals surface area (Å²) >= 11 is 0. The zero-order chi connectivity index (χ0) is 16.3. The fourth-order valence-corrected chi connectivity index (χ4v) is 1.93. The van der Waals surface area contributed by atoms with E-state index in [-0.39, 0.29) is 24.0 Å². The van der Waals surface area contributed by atoms with Gasteiger partial charge in [0.05, 0.1) is 35.0 Å². The number of nitrogens with zero attached hydrogens (tertiary/aromatic N) is 3. The largest absolute Gasteiger partial charge is 0.390 e. The summed E-state index contributed by atoms with van der Waals surface area (Å²) in [6.07, 6.45) is 0. The number of carbonyl (C=O) groups excluding carboxylic acids is 1. The minimum atomic E-state index is -0.590. The minimum Gasteiger partial charge on any atom is -0.358 e. The molecule has 1 atom stereocenters. The molecule has 22 heavy (non-hydrogen) atoms. The van der Waals surface area contributed by atoms with Gasteiger partial charge in [-0.25, -0.2) is 4.39 Å². The van der Waals surface area contributed by atoms with E-state index < -0.39 is 16.7 Å². The van der Waals surface area contributed by atoms with Crippen LogP contribution in [0.3, 0.4) is 0 Å². The van der Waals surface area contributed by atoms with Crippen molar-refractivity contribution in [3.8, 4) is 0 Å². The molecule has 0 radical (unpaired) electrons. The summed E-state index contributed by atoms with van der Waals surface area (Å²) in [4.78, 5) is 22.2. The van der Waals surface area contributed by atoms with Gasteiger partial charge >= 0.3 is 5.82 Å². The Bertz CT molecular complexity index is 714. The van der Waals surface area contributed by atoms with E-state index in [1.165, 1.54) is 28.9 Å². The van der Waals surface area contributed by atoms with Crippen molar-refractivity contribution >= 4 is 17.4 Å². The topological polar surface area (TPSA) is 90.1 Å². The molecular weight excluding hydrogens is 291 g/mol. The van der Waals surface area contributed by atoms with Crippen molar-refractivity contribution in [1.82, 2.24) is 9.78 Å². The first kappa shape index (κ1) is 15.6. The number of hydrogen-bond donors (Lipinski definition) is 1. The van der Waals surface area contributed by atoms with Crippen LogP contribution in [0.1, 0.15) is 12.6 Å². The Kier molecular flexibility index (Phi) is 4.50. The number of anilines is 1. The van der Waals surface area contributed by atoms with Crippen molar-refractivity contribution in [3.05, 3.63) is 52.0 Å². The maximum atomic E-state index is 13.5. The molecule has 0 saturated heterocycles. The van der Waals surface area contributed by atoms with Gasteiger partial charge in [-0.2, -0.15) is 4.68 Å². The van der Waals surface area contributed by atoms with E-state index in [9.17, 15) is 19.3 Å². The van der Waals surface area contributed by atoms with Crippen LogP contribution in [0.15, 0.2) is 30.3 Å². The number of halogens is 1. The third kappa shape index (κ3) is 3.46. The predicted octanol–water partition coefficient (Wildman–Crippen LogP) is 2.51. The first-order valence-electron chi connectivity index (χ1n) is 6.62. The Hall–Kier alpha value is -2.77. The first-order chi connectivity index (χ1) is 10.4. The third-order valence-corrected chi connectivity index (χ3v) is 3.18. The highest BCUT2D eigenvalue weighted by atomic mass is 19.1. The molecule has 1 aromatic carbocycles. The zero-order valence-electron chi connectivity index (χ0n) is 12.1. The average Bonchev–Trinajstić information content (AvgIpc) is 2.83. The van der Waals surface area contributed by atoms with Crippen molar-refractivity contribution in [1.29, 1.82) is 0 Å². The Balaban J connectivity index is 2.06.